The fourth-order valence-corrected chi connectivity index (χ4v) is 8.83. The van der Waals surface area contributed by atoms with Crippen LogP contribution < -0.4 is 9.80 Å². The molecule has 2 aliphatic heterocycles. The lowest BCUT2D eigenvalue weighted by Gasteiger charge is -2.17. The number of hydrogen-bond donors (Lipinski definition) is 0. The highest BCUT2D eigenvalue weighted by Crippen LogP contribution is 2.48. The van der Waals surface area contributed by atoms with Gasteiger partial charge >= 0.3 is 0 Å². The molecule has 0 radical (unpaired) electrons. The van der Waals surface area contributed by atoms with Crippen molar-refractivity contribution in [2.45, 2.75) is 0 Å². The molecule has 0 saturated heterocycles. The van der Waals surface area contributed by atoms with Crippen LogP contribution in [-0.4, -0.2) is 23.6 Å². The first-order valence-electron chi connectivity index (χ1n) is 9.49. The Morgan fingerprint density at radius 2 is 0.556 bits per heavy atom. The molecule has 2 heterocycles. The van der Waals surface area contributed by atoms with Crippen molar-refractivity contribution in [3.63, 3.8) is 0 Å². The molecule has 3 aromatic rings. The van der Waals surface area contributed by atoms with E-state index in [9.17, 15) is 19.2 Å². The highest BCUT2D eigenvalue weighted by Gasteiger charge is 2.44. The van der Waals surface area contributed by atoms with Gasteiger partial charge in [0.05, 0.1) is 33.6 Å². The summed E-state index contributed by atoms with van der Waals surface area (Å²) in [4.78, 5) is 55.1. The summed E-state index contributed by atoms with van der Waals surface area (Å²) in [7, 11) is 0. The van der Waals surface area contributed by atoms with Gasteiger partial charge in [0.2, 0.25) is 0 Å². The van der Waals surface area contributed by atoms with Crippen LogP contribution in [0.2, 0.25) is 0 Å². The topological polar surface area (TPSA) is 74.8 Å². The predicted octanol–water partition coefficient (Wildman–Crippen LogP) is 9.39. The van der Waals surface area contributed by atoms with E-state index in [-0.39, 0.29) is 22.3 Å². The molecule has 0 aromatic heterocycles. The average molecular weight is 1000 g/mol. The number of fused-ring (bicyclic) bond motifs is 2. The van der Waals surface area contributed by atoms with Crippen LogP contribution in [0.1, 0.15) is 41.4 Å². The largest absolute Gasteiger partial charge is 0.268 e. The molecule has 0 unspecified atom stereocenters. The summed E-state index contributed by atoms with van der Waals surface area (Å²) < 4.78 is 4.16. The van der Waals surface area contributed by atoms with Gasteiger partial charge in [0.15, 0.2) is 0 Å². The molecule has 6 nitrogen and oxygen atoms in total. The van der Waals surface area contributed by atoms with Crippen molar-refractivity contribution in [3.05, 3.63) is 82.3 Å². The molecule has 0 N–H and O–H groups in total. The number of rotatable bonds is 2. The number of hydrogen-bond acceptors (Lipinski definition) is 4. The molecule has 14 heteroatoms. The van der Waals surface area contributed by atoms with E-state index in [0.717, 1.165) is 9.80 Å². The molecule has 0 atom stereocenters. The number of nitrogens with zero attached hydrogens (tertiary/aromatic N) is 2. The Balaban J connectivity index is 1.54. The minimum atomic E-state index is -0.508. The minimum absolute atomic E-state index is 0.220. The summed E-state index contributed by atoms with van der Waals surface area (Å²) in [5, 5.41) is 0. The fraction of sp³-hybridized carbons (Fsp3) is 0. The van der Waals surface area contributed by atoms with E-state index >= 15 is 0 Å². The Hall–Kier alpha value is -0.220. The molecule has 0 saturated carbocycles. The van der Waals surface area contributed by atoms with E-state index in [1.807, 2.05) is 0 Å². The Morgan fingerprint density at radius 3 is 0.750 bits per heavy atom. The summed E-state index contributed by atoms with van der Waals surface area (Å²) in [5.41, 5.74) is 1.46. The van der Waals surface area contributed by atoms with Gasteiger partial charge in [-0.2, -0.15) is 0 Å². The Kier molecular flexibility index (Phi) is 7.41. The van der Waals surface area contributed by atoms with Gasteiger partial charge in [-0.25, -0.2) is 9.80 Å². The number of halogens is 8. The molecule has 4 amide bonds. The van der Waals surface area contributed by atoms with Crippen molar-refractivity contribution in [2.24, 2.45) is 0 Å². The van der Waals surface area contributed by atoms with Crippen molar-refractivity contribution in [1.29, 1.82) is 0 Å². The third-order valence-electron chi connectivity index (χ3n) is 5.57. The van der Waals surface area contributed by atoms with E-state index < -0.39 is 23.6 Å². The molecule has 0 aliphatic carbocycles. The molecule has 3 aromatic carbocycles. The van der Waals surface area contributed by atoms with Crippen molar-refractivity contribution >= 4 is 162 Å². The van der Waals surface area contributed by atoms with Gasteiger partial charge in [-0.15, -0.1) is 0 Å². The maximum atomic E-state index is 13.3. The van der Waals surface area contributed by atoms with Gasteiger partial charge in [0.1, 0.15) is 0 Å². The zero-order valence-corrected chi connectivity index (χ0v) is 29.5. The zero-order chi connectivity index (χ0) is 26.4. The lowest BCUT2D eigenvalue weighted by atomic mass is 10.1. The highest BCUT2D eigenvalue weighted by atomic mass is 79.9. The van der Waals surface area contributed by atoms with Crippen LogP contribution in [0.25, 0.3) is 0 Å². The van der Waals surface area contributed by atoms with E-state index in [0.29, 0.717) is 47.2 Å². The third kappa shape index (κ3) is 3.80. The number of imide groups is 2. The maximum Gasteiger partial charge on any atom is 0.267 e. The van der Waals surface area contributed by atoms with Crippen LogP contribution in [-0.2, 0) is 0 Å². The highest BCUT2D eigenvalue weighted by molar-refractivity contribution is 9.15. The second-order valence-corrected chi connectivity index (χ2v) is 13.8. The summed E-state index contributed by atoms with van der Waals surface area (Å²) in [6.45, 7) is 0. The van der Waals surface area contributed by atoms with Crippen LogP contribution in [0.15, 0.2) is 60.0 Å². The number of carbonyl (C=O) groups excluding carboxylic acids is 4. The van der Waals surface area contributed by atoms with Gasteiger partial charge in [-0.1, -0.05) is 0 Å². The smallest absolute Gasteiger partial charge is 0.267 e. The lowest BCUT2D eigenvalue weighted by Crippen LogP contribution is -2.31. The molecular formula is C22H4Br8N2O4. The molecular weight excluding hydrogens is 995 g/mol. The molecule has 0 spiro atoms. The number of carbonyl (C=O) groups is 4. The summed E-state index contributed by atoms with van der Waals surface area (Å²) in [6.07, 6.45) is 0. The average Bonchev–Trinajstić information content (AvgIpc) is 3.27. The van der Waals surface area contributed by atoms with Crippen LogP contribution in [0, 0.1) is 0 Å². The maximum absolute atomic E-state index is 13.3. The first kappa shape index (κ1) is 27.4. The second-order valence-electron chi connectivity index (χ2n) is 7.42. The fourth-order valence-electron chi connectivity index (χ4n) is 3.92. The van der Waals surface area contributed by atoms with Crippen molar-refractivity contribution in [3.8, 4) is 0 Å². The SMILES string of the molecule is O=C1c2c(Br)c(Br)c(Br)c(Br)c2C(=O)N1c1ccc(N2C(=O)c3c(Br)c(Br)c(Br)c(Br)c3C2=O)cc1. The van der Waals surface area contributed by atoms with Crippen LogP contribution in [0.5, 0.6) is 0 Å². The first-order valence-corrected chi connectivity index (χ1v) is 15.8. The monoisotopic (exact) mass is 991 g/mol. The summed E-state index contributed by atoms with van der Waals surface area (Å²) in [5.74, 6) is -2.03. The summed E-state index contributed by atoms with van der Waals surface area (Å²) in [6, 6.07) is 6.07. The van der Waals surface area contributed by atoms with E-state index in [2.05, 4.69) is 127 Å². The van der Waals surface area contributed by atoms with Crippen LogP contribution in [0.4, 0.5) is 11.4 Å². The van der Waals surface area contributed by atoms with Gasteiger partial charge < -0.3 is 0 Å². The Morgan fingerprint density at radius 1 is 0.361 bits per heavy atom. The standard InChI is InChI=1S/C22H4Br8N2O4/c23-11-7-8(12(24)16(28)15(11)27)20(34)31(19(7)33)5-1-2-6(4-3-5)32-21(35)9-10(22(32)36)14(26)18(30)17(29)13(9)25/h1-4H. The van der Waals surface area contributed by atoms with E-state index in [4.69, 9.17) is 0 Å². The molecule has 36 heavy (non-hydrogen) atoms. The Labute approximate surface area is 270 Å². The van der Waals surface area contributed by atoms with Gasteiger partial charge in [-0.05, 0) is 152 Å². The predicted molar refractivity (Wildman–Crippen MR) is 163 cm³/mol. The molecule has 0 fully saturated rings. The van der Waals surface area contributed by atoms with Gasteiger partial charge in [-0.3, -0.25) is 19.2 Å². The van der Waals surface area contributed by atoms with Crippen molar-refractivity contribution < 1.29 is 19.2 Å². The minimum Gasteiger partial charge on any atom is -0.268 e. The second kappa shape index (κ2) is 9.76. The quantitative estimate of drug-likeness (QED) is 0.146. The van der Waals surface area contributed by atoms with E-state index in [1.54, 1.807) is 0 Å². The zero-order valence-electron chi connectivity index (χ0n) is 16.9. The lowest BCUT2D eigenvalue weighted by molar-refractivity contribution is 0.0909. The Bertz CT molecular complexity index is 1390. The van der Waals surface area contributed by atoms with Crippen LogP contribution >= 0.6 is 127 Å². The molecule has 5 rings (SSSR count). The van der Waals surface area contributed by atoms with Crippen LogP contribution in [0.3, 0.4) is 0 Å². The number of amides is 4. The number of anilines is 2. The van der Waals surface area contributed by atoms with E-state index in [1.165, 1.54) is 24.3 Å². The van der Waals surface area contributed by atoms with Gasteiger partial charge in [0, 0.05) is 35.8 Å². The third-order valence-corrected chi connectivity index (χ3v) is 15.1. The van der Waals surface area contributed by atoms with Gasteiger partial charge in [0.25, 0.3) is 23.6 Å². The first-order chi connectivity index (χ1) is 16.9. The molecule has 0 bridgehead atoms. The molecule has 182 valence electrons. The summed E-state index contributed by atoms with van der Waals surface area (Å²) >= 11 is 27.2. The number of benzene rings is 3. The molecule has 2 aliphatic rings. The normalized spacial score (nSPS) is 14.8. The van der Waals surface area contributed by atoms with Crippen molar-refractivity contribution in [2.75, 3.05) is 9.80 Å². The van der Waals surface area contributed by atoms with Crippen molar-refractivity contribution in [1.82, 2.24) is 0 Å².